The van der Waals surface area contributed by atoms with Crippen molar-refractivity contribution in [3.8, 4) is 11.5 Å². The fourth-order valence-corrected chi connectivity index (χ4v) is 2.60. The van der Waals surface area contributed by atoms with Gasteiger partial charge in [-0.25, -0.2) is 0 Å². The Bertz CT molecular complexity index is 521. The number of rotatable bonds is 6. The minimum Gasteiger partial charge on any atom is -0.493 e. The number of benzene rings is 1. The number of para-hydroxylation sites is 1. The Hall–Kier alpha value is -1.79. The lowest BCUT2D eigenvalue weighted by atomic mass is 10.1. The van der Waals surface area contributed by atoms with Crippen LogP contribution in [0, 0.1) is 0 Å². The maximum atomic E-state index is 12.9. The first-order valence-corrected chi connectivity index (χ1v) is 8.08. The Morgan fingerprint density at radius 2 is 2.30 bits per heavy atom. The molecule has 1 aliphatic heterocycles. The number of nitrogens with zero attached hydrogens (tertiary/aromatic N) is 1. The highest BCUT2D eigenvalue weighted by molar-refractivity contribution is 5.97. The molecule has 2 N–H and O–H groups in total. The molecule has 0 aliphatic carbocycles. The fraction of sp³-hybridized carbons (Fsp3) is 0.588. The molecule has 0 radical (unpaired) electrons. The number of methoxy groups -OCH3 is 1. The normalized spacial score (nSPS) is 18.4. The van der Waals surface area contributed by atoms with Gasteiger partial charge in [-0.3, -0.25) is 4.79 Å². The van der Waals surface area contributed by atoms with Gasteiger partial charge >= 0.3 is 0 Å². The highest BCUT2D eigenvalue weighted by Crippen LogP contribution is 2.32. The molecule has 0 saturated carbocycles. The van der Waals surface area contributed by atoms with Crippen LogP contribution in [0.4, 0.5) is 0 Å². The third kappa shape index (κ3) is 4.59. The van der Waals surface area contributed by atoms with Crippen LogP contribution in [0.1, 0.15) is 30.1 Å². The predicted molar refractivity (Wildman–Crippen MR) is 88.1 cm³/mol. The lowest BCUT2D eigenvalue weighted by Crippen LogP contribution is -2.36. The molecule has 1 aliphatic rings. The molecule has 2 rings (SSSR count). The molecule has 23 heavy (non-hydrogen) atoms. The smallest absolute Gasteiger partial charge is 0.257 e. The van der Waals surface area contributed by atoms with Crippen LogP contribution in [0.2, 0.25) is 0 Å². The van der Waals surface area contributed by atoms with Gasteiger partial charge in [0.1, 0.15) is 0 Å². The van der Waals surface area contributed by atoms with Crippen LogP contribution in [0.25, 0.3) is 0 Å². The standard InChI is InChI=1S/C17H26N2O4/c1-13-12-19(9-5-11-22-13)17(20)14-6-3-7-15(21-2)16(14)23-10-4-8-18/h3,6-7,13H,4-5,8-12,18H2,1-2H3. The quantitative estimate of drug-likeness (QED) is 0.807. The lowest BCUT2D eigenvalue weighted by molar-refractivity contribution is 0.0560. The number of ether oxygens (including phenoxy) is 3. The van der Waals surface area contributed by atoms with Crippen molar-refractivity contribution in [1.29, 1.82) is 0 Å². The molecule has 1 unspecified atom stereocenters. The Morgan fingerprint density at radius 1 is 1.48 bits per heavy atom. The third-order valence-electron chi connectivity index (χ3n) is 3.76. The maximum Gasteiger partial charge on any atom is 0.257 e. The first kappa shape index (κ1) is 17.6. The zero-order chi connectivity index (χ0) is 16.7. The van der Waals surface area contributed by atoms with Crippen LogP contribution in [-0.2, 0) is 4.74 Å². The summed E-state index contributed by atoms with van der Waals surface area (Å²) in [6.45, 7) is 4.93. The van der Waals surface area contributed by atoms with Crippen molar-refractivity contribution in [1.82, 2.24) is 4.90 Å². The molecule has 1 atom stereocenters. The second-order valence-corrected chi connectivity index (χ2v) is 5.61. The molecule has 0 aromatic heterocycles. The van der Waals surface area contributed by atoms with E-state index in [-0.39, 0.29) is 12.0 Å². The average molecular weight is 322 g/mol. The van der Waals surface area contributed by atoms with Gasteiger partial charge in [-0.1, -0.05) is 6.07 Å². The van der Waals surface area contributed by atoms with E-state index in [1.807, 2.05) is 11.8 Å². The van der Waals surface area contributed by atoms with Crippen LogP contribution < -0.4 is 15.2 Å². The topological polar surface area (TPSA) is 74.0 Å². The molecule has 1 fully saturated rings. The van der Waals surface area contributed by atoms with E-state index in [2.05, 4.69) is 0 Å². The predicted octanol–water partition coefficient (Wildman–Crippen LogP) is 1.67. The van der Waals surface area contributed by atoms with Crippen molar-refractivity contribution in [2.24, 2.45) is 5.73 Å². The van der Waals surface area contributed by atoms with E-state index < -0.39 is 0 Å². The molecular weight excluding hydrogens is 296 g/mol. The van der Waals surface area contributed by atoms with Crippen molar-refractivity contribution in [3.63, 3.8) is 0 Å². The maximum absolute atomic E-state index is 12.9. The molecule has 1 saturated heterocycles. The van der Waals surface area contributed by atoms with Crippen LogP contribution in [-0.4, -0.2) is 56.9 Å². The van der Waals surface area contributed by atoms with E-state index in [0.717, 1.165) is 12.8 Å². The summed E-state index contributed by atoms with van der Waals surface area (Å²) in [6, 6.07) is 5.38. The Morgan fingerprint density at radius 3 is 3.04 bits per heavy atom. The molecule has 1 heterocycles. The van der Waals surface area contributed by atoms with E-state index in [1.165, 1.54) is 0 Å². The fourth-order valence-electron chi connectivity index (χ4n) is 2.60. The lowest BCUT2D eigenvalue weighted by Gasteiger charge is -2.24. The van der Waals surface area contributed by atoms with Crippen LogP contribution in [0.3, 0.4) is 0 Å². The summed E-state index contributed by atoms with van der Waals surface area (Å²) in [5, 5.41) is 0. The molecule has 6 heteroatoms. The number of nitrogens with two attached hydrogens (primary N) is 1. The molecule has 1 aromatic carbocycles. The van der Waals surface area contributed by atoms with E-state index >= 15 is 0 Å². The molecule has 0 spiro atoms. The molecule has 128 valence electrons. The first-order chi connectivity index (χ1) is 11.2. The molecule has 1 aromatic rings. The van der Waals surface area contributed by atoms with Crippen LogP contribution in [0.15, 0.2) is 18.2 Å². The zero-order valence-electron chi connectivity index (χ0n) is 13.9. The number of carbonyl (C=O) groups excluding carboxylic acids is 1. The summed E-state index contributed by atoms with van der Waals surface area (Å²) < 4.78 is 16.7. The molecule has 0 bridgehead atoms. The Balaban J connectivity index is 2.23. The van der Waals surface area contributed by atoms with Crippen LogP contribution in [0.5, 0.6) is 11.5 Å². The van der Waals surface area contributed by atoms with Crippen molar-refractivity contribution >= 4 is 5.91 Å². The zero-order valence-corrected chi connectivity index (χ0v) is 13.9. The van der Waals surface area contributed by atoms with Gasteiger partial charge in [0.25, 0.3) is 5.91 Å². The van der Waals surface area contributed by atoms with Gasteiger partial charge in [0.2, 0.25) is 0 Å². The largest absolute Gasteiger partial charge is 0.493 e. The number of amides is 1. The summed E-state index contributed by atoms with van der Waals surface area (Å²) in [4.78, 5) is 14.8. The molecule has 6 nitrogen and oxygen atoms in total. The monoisotopic (exact) mass is 322 g/mol. The minimum absolute atomic E-state index is 0.0358. The summed E-state index contributed by atoms with van der Waals surface area (Å²) in [7, 11) is 1.57. The number of carbonyl (C=O) groups is 1. The molecular formula is C17H26N2O4. The van der Waals surface area contributed by atoms with Gasteiger partial charge in [0.15, 0.2) is 11.5 Å². The summed E-state index contributed by atoms with van der Waals surface area (Å²) >= 11 is 0. The minimum atomic E-state index is -0.0519. The van der Waals surface area contributed by atoms with Crippen molar-refractivity contribution in [2.45, 2.75) is 25.9 Å². The highest BCUT2D eigenvalue weighted by Gasteiger charge is 2.25. The van der Waals surface area contributed by atoms with Crippen molar-refractivity contribution in [2.75, 3.05) is 40.0 Å². The van der Waals surface area contributed by atoms with Crippen LogP contribution >= 0.6 is 0 Å². The van der Waals surface area contributed by atoms with Gasteiger partial charge in [-0.05, 0) is 38.4 Å². The van der Waals surface area contributed by atoms with E-state index in [4.69, 9.17) is 19.9 Å². The summed E-state index contributed by atoms with van der Waals surface area (Å²) in [5.41, 5.74) is 6.03. The third-order valence-corrected chi connectivity index (χ3v) is 3.76. The number of hydrogen-bond acceptors (Lipinski definition) is 5. The summed E-state index contributed by atoms with van der Waals surface area (Å²) in [6.07, 6.45) is 1.60. The first-order valence-electron chi connectivity index (χ1n) is 8.08. The second-order valence-electron chi connectivity index (χ2n) is 5.61. The van der Waals surface area contributed by atoms with Gasteiger partial charge < -0.3 is 24.8 Å². The highest BCUT2D eigenvalue weighted by atomic mass is 16.5. The average Bonchev–Trinajstić information content (AvgIpc) is 2.79. The van der Waals surface area contributed by atoms with E-state index in [9.17, 15) is 4.79 Å². The van der Waals surface area contributed by atoms with E-state index in [1.54, 1.807) is 25.3 Å². The van der Waals surface area contributed by atoms with E-state index in [0.29, 0.717) is 49.9 Å². The Kier molecular flexibility index (Phi) is 6.67. The van der Waals surface area contributed by atoms with Gasteiger partial charge in [-0.15, -0.1) is 0 Å². The van der Waals surface area contributed by atoms with Gasteiger partial charge in [0, 0.05) is 19.7 Å². The number of hydrogen-bond donors (Lipinski definition) is 1. The summed E-state index contributed by atoms with van der Waals surface area (Å²) in [5.74, 6) is 1.00. The SMILES string of the molecule is COc1cccc(C(=O)N2CCCOC(C)C2)c1OCCCN. The Labute approximate surface area is 137 Å². The molecule has 1 amide bonds. The van der Waals surface area contributed by atoms with Gasteiger partial charge in [0.05, 0.1) is 25.4 Å². The second kappa shape index (κ2) is 8.74. The van der Waals surface area contributed by atoms with Crippen molar-refractivity contribution < 1.29 is 19.0 Å². The van der Waals surface area contributed by atoms with Crippen molar-refractivity contribution in [3.05, 3.63) is 23.8 Å². The van der Waals surface area contributed by atoms with Gasteiger partial charge in [-0.2, -0.15) is 0 Å².